The molecule has 0 aliphatic carbocycles. The molecule has 0 amide bonds. The second-order valence-corrected chi connectivity index (χ2v) is 8.33. The molecule has 0 unspecified atom stereocenters. The molecular weight excluding hydrogens is 427 g/mol. The molecule has 0 saturated carbocycles. The van der Waals surface area contributed by atoms with Crippen molar-refractivity contribution in [2.75, 3.05) is 26.4 Å². The van der Waals surface area contributed by atoms with E-state index >= 15 is 0 Å². The Balaban J connectivity index is 0.00000441. The van der Waals surface area contributed by atoms with Gasteiger partial charge in [0.25, 0.3) is 0 Å². The molecule has 0 bridgehead atoms. The van der Waals surface area contributed by atoms with E-state index in [4.69, 9.17) is 0 Å². The zero-order chi connectivity index (χ0) is 15.9. The molecule has 128 valence electrons. The Morgan fingerprint density at radius 3 is 2.55 bits per heavy atom. The number of aryl methyl sites for hydroxylation is 2. The van der Waals surface area contributed by atoms with Gasteiger partial charge in [0.1, 0.15) is 0 Å². The van der Waals surface area contributed by atoms with Crippen molar-refractivity contribution in [2.45, 2.75) is 45.3 Å². The van der Waals surface area contributed by atoms with Gasteiger partial charge < -0.3 is 10.6 Å². The summed E-state index contributed by atoms with van der Waals surface area (Å²) >= 11 is 3.66. The monoisotopic (exact) mass is 456 g/mol. The fourth-order valence-electron chi connectivity index (χ4n) is 1.80. The Kier molecular flexibility index (Phi) is 10.7. The molecule has 0 spiro atoms. The van der Waals surface area contributed by atoms with E-state index in [-0.39, 0.29) is 28.7 Å². The van der Waals surface area contributed by atoms with Crippen LogP contribution in [0, 0.1) is 6.92 Å². The third kappa shape index (κ3) is 7.50. The summed E-state index contributed by atoms with van der Waals surface area (Å²) in [5, 5.41) is 7.94. The summed E-state index contributed by atoms with van der Waals surface area (Å²) in [7, 11) is 1.81. The first-order valence-corrected chi connectivity index (χ1v) is 9.40. The van der Waals surface area contributed by atoms with Crippen LogP contribution in [0.15, 0.2) is 4.99 Å². The van der Waals surface area contributed by atoms with Crippen LogP contribution in [0.1, 0.15) is 36.3 Å². The summed E-state index contributed by atoms with van der Waals surface area (Å²) in [5.74, 6) is 0.862. The van der Waals surface area contributed by atoms with Crippen LogP contribution in [0.5, 0.6) is 0 Å². The number of guanidine groups is 1. The molecule has 0 radical (unpaired) electrons. The molecular formula is C15H29IN4S2. The molecule has 0 aliphatic heterocycles. The minimum atomic E-state index is 0. The van der Waals surface area contributed by atoms with Crippen molar-refractivity contribution in [1.82, 2.24) is 15.6 Å². The van der Waals surface area contributed by atoms with Crippen molar-refractivity contribution in [1.29, 1.82) is 0 Å². The average molecular weight is 456 g/mol. The van der Waals surface area contributed by atoms with Gasteiger partial charge in [-0.15, -0.1) is 35.3 Å². The Morgan fingerprint density at radius 2 is 2.05 bits per heavy atom. The van der Waals surface area contributed by atoms with Crippen molar-refractivity contribution >= 4 is 53.0 Å². The van der Waals surface area contributed by atoms with Crippen molar-refractivity contribution in [3.8, 4) is 0 Å². The lowest BCUT2D eigenvalue weighted by atomic mass is 10.2. The quantitative estimate of drug-likeness (QED) is 0.375. The van der Waals surface area contributed by atoms with E-state index in [2.05, 4.69) is 54.6 Å². The van der Waals surface area contributed by atoms with Gasteiger partial charge in [0.05, 0.1) is 10.7 Å². The SMILES string of the molecule is CCc1nc(CCNC(=NC)NCC(C)(C)SC)sc1C.I. The number of aliphatic imine (C=N–C) groups is 1. The number of rotatable bonds is 7. The molecule has 4 nitrogen and oxygen atoms in total. The second kappa shape index (κ2) is 10.7. The first kappa shape index (κ1) is 22.0. The number of thiazole rings is 1. The zero-order valence-corrected chi connectivity index (χ0v) is 18.4. The van der Waals surface area contributed by atoms with Gasteiger partial charge in [-0.05, 0) is 33.4 Å². The molecule has 1 heterocycles. The first-order valence-electron chi connectivity index (χ1n) is 7.36. The highest BCUT2D eigenvalue weighted by Crippen LogP contribution is 2.19. The first-order chi connectivity index (χ1) is 9.91. The van der Waals surface area contributed by atoms with E-state index < -0.39 is 0 Å². The van der Waals surface area contributed by atoms with Crippen molar-refractivity contribution < 1.29 is 0 Å². The fraction of sp³-hybridized carbons (Fsp3) is 0.733. The molecule has 0 atom stereocenters. The predicted octanol–water partition coefficient (Wildman–Crippen LogP) is 3.48. The van der Waals surface area contributed by atoms with Gasteiger partial charge in [0.15, 0.2) is 5.96 Å². The molecule has 0 aliphatic rings. The third-order valence-electron chi connectivity index (χ3n) is 3.36. The molecule has 7 heteroatoms. The van der Waals surface area contributed by atoms with Crippen LogP contribution in [-0.2, 0) is 12.8 Å². The largest absolute Gasteiger partial charge is 0.356 e. The number of nitrogens with zero attached hydrogens (tertiary/aromatic N) is 2. The smallest absolute Gasteiger partial charge is 0.191 e. The van der Waals surface area contributed by atoms with Crippen LogP contribution < -0.4 is 10.6 Å². The third-order valence-corrected chi connectivity index (χ3v) is 5.68. The van der Waals surface area contributed by atoms with E-state index in [0.29, 0.717) is 0 Å². The summed E-state index contributed by atoms with van der Waals surface area (Å²) in [4.78, 5) is 10.3. The molecule has 0 fully saturated rings. The van der Waals surface area contributed by atoms with E-state index in [1.165, 1.54) is 15.6 Å². The minimum absolute atomic E-state index is 0. The van der Waals surface area contributed by atoms with Crippen LogP contribution in [-0.4, -0.2) is 42.1 Å². The topological polar surface area (TPSA) is 49.3 Å². The van der Waals surface area contributed by atoms with Crippen LogP contribution in [0.25, 0.3) is 0 Å². The molecule has 1 aromatic heterocycles. The van der Waals surface area contributed by atoms with Gasteiger partial charge in [0, 0.05) is 36.2 Å². The van der Waals surface area contributed by atoms with Gasteiger partial charge in [-0.25, -0.2) is 4.98 Å². The maximum absolute atomic E-state index is 4.66. The lowest BCUT2D eigenvalue weighted by molar-refractivity contribution is 0.664. The summed E-state index contributed by atoms with van der Waals surface area (Å²) in [5.41, 5.74) is 1.24. The van der Waals surface area contributed by atoms with E-state index in [1.807, 2.05) is 18.8 Å². The number of thioether (sulfide) groups is 1. The highest BCUT2D eigenvalue weighted by atomic mass is 127. The molecule has 22 heavy (non-hydrogen) atoms. The molecule has 1 rings (SSSR count). The number of aromatic nitrogens is 1. The molecule has 1 aromatic rings. The lowest BCUT2D eigenvalue weighted by Gasteiger charge is -2.23. The van der Waals surface area contributed by atoms with Crippen LogP contribution in [0.2, 0.25) is 0 Å². The number of nitrogens with one attached hydrogen (secondary N) is 2. The Morgan fingerprint density at radius 1 is 1.36 bits per heavy atom. The van der Waals surface area contributed by atoms with Crippen molar-refractivity contribution in [3.63, 3.8) is 0 Å². The Labute approximate surface area is 160 Å². The van der Waals surface area contributed by atoms with E-state index in [9.17, 15) is 0 Å². The number of hydrogen-bond donors (Lipinski definition) is 2. The fourth-order valence-corrected chi connectivity index (χ4v) is 3.04. The lowest BCUT2D eigenvalue weighted by Crippen LogP contribution is -2.43. The molecule has 0 aromatic carbocycles. The van der Waals surface area contributed by atoms with E-state index in [0.717, 1.165) is 31.9 Å². The average Bonchev–Trinajstić information content (AvgIpc) is 2.82. The van der Waals surface area contributed by atoms with Crippen molar-refractivity contribution in [2.24, 2.45) is 4.99 Å². The van der Waals surface area contributed by atoms with Crippen molar-refractivity contribution in [3.05, 3.63) is 15.6 Å². The van der Waals surface area contributed by atoms with Crippen LogP contribution in [0.4, 0.5) is 0 Å². The summed E-state index contributed by atoms with van der Waals surface area (Å²) in [6.45, 7) is 10.5. The maximum atomic E-state index is 4.66. The van der Waals surface area contributed by atoms with Gasteiger partial charge in [0.2, 0.25) is 0 Å². The Bertz CT molecular complexity index is 472. The standard InChI is InChI=1S/C15H28N4S2.HI/c1-7-12-11(2)21-13(19-12)8-9-17-14(16-5)18-10-15(3,4)20-6;/h7-10H2,1-6H3,(H2,16,17,18);1H. The van der Waals surface area contributed by atoms with Gasteiger partial charge in [-0.2, -0.15) is 11.8 Å². The van der Waals surface area contributed by atoms with Crippen LogP contribution >= 0.6 is 47.1 Å². The zero-order valence-electron chi connectivity index (χ0n) is 14.4. The summed E-state index contributed by atoms with van der Waals surface area (Å²) in [6.07, 6.45) is 4.09. The summed E-state index contributed by atoms with van der Waals surface area (Å²) < 4.78 is 0.208. The normalized spacial score (nSPS) is 12.0. The molecule has 0 saturated heterocycles. The number of hydrogen-bond acceptors (Lipinski definition) is 4. The van der Waals surface area contributed by atoms with Crippen LogP contribution in [0.3, 0.4) is 0 Å². The highest BCUT2D eigenvalue weighted by molar-refractivity contribution is 14.0. The summed E-state index contributed by atoms with van der Waals surface area (Å²) in [6, 6.07) is 0. The van der Waals surface area contributed by atoms with Gasteiger partial charge >= 0.3 is 0 Å². The van der Waals surface area contributed by atoms with E-state index in [1.54, 1.807) is 11.3 Å². The second-order valence-electron chi connectivity index (χ2n) is 5.53. The Hall–Kier alpha value is -0.0200. The maximum Gasteiger partial charge on any atom is 0.191 e. The predicted molar refractivity (Wildman–Crippen MR) is 112 cm³/mol. The van der Waals surface area contributed by atoms with Gasteiger partial charge in [-0.3, -0.25) is 4.99 Å². The minimum Gasteiger partial charge on any atom is -0.356 e. The number of halogens is 1. The van der Waals surface area contributed by atoms with Gasteiger partial charge in [-0.1, -0.05) is 6.92 Å². The highest BCUT2D eigenvalue weighted by Gasteiger charge is 2.16. The molecule has 2 N–H and O–H groups in total.